The second-order valence-electron chi connectivity index (χ2n) is 13.9. The van der Waals surface area contributed by atoms with Gasteiger partial charge >= 0.3 is 0 Å². The summed E-state index contributed by atoms with van der Waals surface area (Å²) in [5.41, 5.74) is 8.25. The van der Waals surface area contributed by atoms with Crippen LogP contribution in [0.3, 0.4) is 0 Å². The lowest BCUT2D eigenvalue weighted by Gasteiger charge is -2.28. The topological polar surface area (TPSA) is 29.3 Å². The van der Waals surface area contributed by atoms with Crippen LogP contribution in [0, 0.1) is 0 Å². The Hall–Kier alpha value is -7.23. The van der Waals surface area contributed by atoms with Crippen LogP contribution >= 0.6 is 0 Å². The monoisotopic (exact) mass is 688 g/mol. The van der Waals surface area contributed by atoms with E-state index in [4.69, 9.17) is 9.40 Å². The van der Waals surface area contributed by atoms with Crippen molar-refractivity contribution >= 4 is 82.0 Å². The quantitative estimate of drug-likeness (QED) is 0.169. The molecule has 0 saturated heterocycles. The third-order valence-corrected chi connectivity index (χ3v) is 10.8. The molecule has 0 bridgehead atoms. The minimum Gasteiger partial charge on any atom is -0.435 e. The third kappa shape index (κ3) is 4.79. The summed E-state index contributed by atoms with van der Waals surface area (Å²) in [5, 5.41) is 11.7. The summed E-state index contributed by atoms with van der Waals surface area (Å²) in [6, 6.07) is 69.4. The van der Waals surface area contributed by atoms with Crippen LogP contribution in [-0.2, 0) is 0 Å². The molecule has 0 saturated carbocycles. The molecule has 252 valence electrons. The maximum Gasteiger partial charge on any atom is 0.227 e. The first-order chi connectivity index (χ1) is 26.8. The lowest BCUT2D eigenvalue weighted by molar-refractivity contribution is 0.623. The number of hydrogen-bond acceptors (Lipinski definition) is 3. The second-order valence-corrected chi connectivity index (χ2v) is 13.9. The molecule has 0 atom stereocenters. The van der Waals surface area contributed by atoms with E-state index in [2.05, 4.69) is 169 Å². The van der Waals surface area contributed by atoms with Crippen molar-refractivity contribution in [2.45, 2.75) is 0 Å². The number of hydrogen-bond donors (Lipinski definition) is 0. The van der Waals surface area contributed by atoms with E-state index >= 15 is 0 Å². The lowest BCUT2D eigenvalue weighted by Crippen LogP contribution is -2.10. The van der Waals surface area contributed by atoms with Gasteiger partial charge in [0.1, 0.15) is 5.52 Å². The van der Waals surface area contributed by atoms with Crippen LogP contribution in [0.5, 0.6) is 0 Å². The molecule has 54 heavy (non-hydrogen) atoms. The summed E-state index contributed by atoms with van der Waals surface area (Å²) in [7, 11) is 0. The van der Waals surface area contributed by atoms with Gasteiger partial charge in [0.15, 0.2) is 5.58 Å². The number of benzene rings is 10. The van der Waals surface area contributed by atoms with Crippen LogP contribution in [0.15, 0.2) is 199 Å². The van der Waals surface area contributed by atoms with E-state index in [9.17, 15) is 0 Å². The van der Waals surface area contributed by atoms with Crippen LogP contribution in [0.2, 0.25) is 0 Å². The van der Waals surface area contributed by atoms with Crippen molar-refractivity contribution in [3.8, 4) is 22.6 Å². The van der Waals surface area contributed by atoms with Gasteiger partial charge in [0.05, 0.1) is 5.69 Å². The Morgan fingerprint density at radius 1 is 0.389 bits per heavy atom. The fraction of sp³-hybridized carbons (Fsp3) is 0. The molecule has 3 heteroatoms. The highest BCUT2D eigenvalue weighted by Gasteiger charge is 2.21. The summed E-state index contributed by atoms with van der Waals surface area (Å²) in [4.78, 5) is 7.40. The van der Waals surface area contributed by atoms with Crippen molar-refractivity contribution in [3.05, 3.63) is 194 Å². The SMILES string of the molecule is c1ccc(-c2nc3ccc4cc(-c5cccc6ccccc56)c5ccc(N(c6ccccc6)c6cc7ccccc7c7ccccc67)cc5c4c3o2)cc1. The van der Waals surface area contributed by atoms with E-state index in [1.54, 1.807) is 0 Å². The Morgan fingerprint density at radius 2 is 1.07 bits per heavy atom. The van der Waals surface area contributed by atoms with Gasteiger partial charge in [0.2, 0.25) is 5.89 Å². The summed E-state index contributed by atoms with van der Waals surface area (Å²) in [5.74, 6) is 0.620. The minimum absolute atomic E-state index is 0.620. The van der Waals surface area contributed by atoms with Gasteiger partial charge in [-0.05, 0) is 109 Å². The molecule has 11 aromatic rings. The molecule has 0 fully saturated rings. The summed E-state index contributed by atoms with van der Waals surface area (Å²) < 4.78 is 6.74. The minimum atomic E-state index is 0.620. The second kappa shape index (κ2) is 12.2. The van der Waals surface area contributed by atoms with Crippen molar-refractivity contribution < 1.29 is 4.42 Å². The van der Waals surface area contributed by atoms with Crippen LogP contribution in [-0.4, -0.2) is 4.98 Å². The molecule has 1 aromatic heterocycles. The van der Waals surface area contributed by atoms with Gasteiger partial charge in [0.25, 0.3) is 0 Å². The van der Waals surface area contributed by atoms with Crippen molar-refractivity contribution in [1.82, 2.24) is 4.98 Å². The highest BCUT2D eigenvalue weighted by molar-refractivity contribution is 6.24. The first-order valence-corrected chi connectivity index (χ1v) is 18.4. The Bertz CT molecular complexity index is 3210. The molecule has 0 unspecified atom stereocenters. The van der Waals surface area contributed by atoms with Crippen molar-refractivity contribution in [3.63, 3.8) is 0 Å². The van der Waals surface area contributed by atoms with E-state index in [0.29, 0.717) is 5.89 Å². The molecule has 0 amide bonds. The highest BCUT2D eigenvalue weighted by Crippen LogP contribution is 2.46. The van der Waals surface area contributed by atoms with Crippen molar-refractivity contribution in [2.24, 2.45) is 0 Å². The normalized spacial score (nSPS) is 11.7. The molecule has 1 heterocycles. The van der Waals surface area contributed by atoms with E-state index < -0.39 is 0 Å². The number of oxazole rings is 1. The van der Waals surface area contributed by atoms with Crippen molar-refractivity contribution in [1.29, 1.82) is 0 Å². The number of anilines is 3. The molecule has 0 N–H and O–H groups in total. The van der Waals surface area contributed by atoms with Gasteiger partial charge in [0, 0.05) is 27.7 Å². The molecule has 0 aliphatic carbocycles. The smallest absolute Gasteiger partial charge is 0.227 e. The van der Waals surface area contributed by atoms with Crippen LogP contribution in [0.25, 0.3) is 87.5 Å². The molecule has 0 aliphatic heterocycles. The number of fused-ring (bicyclic) bond motifs is 9. The number of aromatic nitrogens is 1. The zero-order chi connectivity index (χ0) is 35.6. The average molecular weight is 689 g/mol. The number of nitrogens with zero attached hydrogens (tertiary/aromatic N) is 2. The number of rotatable bonds is 5. The summed E-state index contributed by atoms with van der Waals surface area (Å²) in [6.07, 6.45) is 0. The third-order valence-electron chi connectivity index (χ3n) is 10.8. The number of para-hydroxylation sites is 1. The molecular weight excluding hydrogens is 657 g/mol. The van der Waals surface area contributed by atoms with Gasteiger partial charge < -0.3 is 9.32 Å². The molecule has 11 rings (SSSR count). The summed E-state index contributed by atoms with van der Waals surface area (Å²) in [6.45, 7) is 0. The van der Waals surface area contributed by atoms with E-state index in [-0.39, 0.29) is 0 Å². The van der Waals surface area contributed by atoms with Gasteiger partial charge in [-0.2, -0.15) is 0 Å². The van der Waals surface area contributed by atoms with Crippen LogP contribution in [0.1, 0.15) is 0 Å². The molecule has 10 aromatic carbocycles. The Morgan fingerprint density at radius 3 is 1.91 bits per heavy atom. The fourth-order valence-electron chi connectivity index (χ4n) is 8.36. The van der Waals surface area contributed by atoms with E-state index in [1.807, 2.05) is 30.3 Å². The Kier molecular flexibility index (Phi) is 6.86. The van der Waals surface area contributed by atoms with Crippen molar-refractivity contribution in [2.75, 3.05) is 4.90 Å². The predicted octanol–water partition coefficient (Wildman–Crippen LogP) is 14.4. The maximum absolute atomic E-state index is 6.74. The predicted molar refractivity (Wildman–Crippen MR) is 227 cm³/mol. The molecule has 0 spiro atoms. The zero-order valence-electron chi connectivity index (χ0n) is 29.3. The van der Waals surface area contributed by atoms with Gasteiger partial charge in [-0.25, -0.2) is 4.98 Å². The first-order valence-electron chi connectivity index (χ1n) is 18.4. The fourth-order valence-corrected chi connectivity index (χ4v) is 8.36. The van der Waals surface area contributed by atoms with Crippen LogP contribution < -0.4 is 4.90 Å². The zero-order valence-corrected chi connectivity index (χ0v) is 29.3. The molecule has 0 radical (unpaired) electrons. The van der Waals surface area contributed by atoms with Gasteiger partial charge in [-0.3, -0.25) is 0 Å². The van der Waals surface area contributed by atoms with E-state index in [1.165, 1.54) is 43.4 Å². The van der Waals surface area contributed by atoms with Gasteiger partial charge in [-0.1, -0.05) is 140 Å². The summed E-state index contributed by atoms with van der Waals surface area (Å²) >= 11 is 0. The average Bonchev–Trinajstić information content (AvgIpc) is 3.69. The lowest BCUT2D eigenvalue weighted by atomic mass is 9.90. The highest BCUT2D eigenvalue weighted by atomic mass is 16.3. The Balaban J connectivity index is 1.25. The molecular formula is C51H32N2O. The maximum atomic E-state index is 6.74. The van der Waals surface area contributed by atoms with E-state index in [0.717, 1.165) is 55.3 Å². The van der Waals surface area contributed by atoms with Crippen LogP contribution in [0.4, 0.5) is 17.1 Å². The molecule has 0 aliphatic rings. The first kappa shape index (κ1) is 30.4. The Labute approximate surface area is 312 Å². The largest absolute Gasteiger partial charge is 0.435 e. The molecule has 3 nitrogen and oxygen atoms in total. The standard InChI is InChI=1S/C51H32N2O/c1-3-15-34(16-4-1)51-52-47-29-26-36-30-45(42-25-13-18-33-14-7-9-21-39(33)42)43-28-27-38(32-46(43)49(36)50(47)54-51)53(37-19-5-2-6-20-37)48-31-35-17-8-10-22-40(35)41-23-11-12-24-44(41)48/h1-32H. The van der Waals surface area contributed by atoms with Gasteiger partial charge in [-0.15, -0.1) is 0 Å².